The number of amides is 1. The molecule has 1 aromatic carbocycles. The average Bonchev–Trinajstić information content (AvgIpc) is 2.42. The standard InChI is InChI=1S/C15H23NOS/c1-3-5-9-12-16(4-2)15(17)18-13-14-10-7-6-8-11-14/h6-8,10-11H,3-5,9,12-13H2,1-2H3. The van der Waals surface area contributed by atoms with E-state index in [1.807, 2.05) is 30.0 Å². The Morgan fingerprint density at radius 3 is 2.50 bits per heavy atom. The molecule has 0 saturated heterocycles. The average molecular weight is 265 g/mol. The number of carbonyl (C=O) groups is 1. The number of carbonyl (C=O) groups excluding carboxylic acids is 1. The highest BCUT2D eigenvalue weighted by Gasteiger charge is 2.11. The van der Waals surface area contributed by atoms with Crippen LogP contribution in [0.15, 0.2) is 30.3 Å². The number of hydrogen-bond donors (Lipinski definition) is 0. The van der Waals surface area contributed by atoms with Gasteiger partial charge in [-0.05, 0) is 18.9 Å². The second kappa shape index (κ2) is 9.03. The van der Waals surface area contributed by atoms with Crippen molar-refractivity contribution in [1.29, 1.82) is 0 Å². The summed E-state index contributed by atoms with van der Waals surface area (Å²) in [6.45, 7) is 5.94. The fourth-order valence-electron chi connectivity index (χ4n) is 1.74. The molecule has 0 spiro atoms. The van der Waals surface area contributed by atoms with Gasteiger partial charge in [0.15, 0.2) is 0 Å². The smallest absolute Gasteiger partial charge is 0.281 e. The highest BCUT2D eigenvalue weighted by atomic mass is 32.2. The summed E-state index contributed by atoms with van der Waals surface area (Å²) in [5, 5.41) is 0.206. The Labute approximate surface area is 115 Å². The van der Waals surface area contributed by atoms with Crippen LogP contribution in [0.1, 0.15) is 38.7 Å². The summed E-state index contributed by atoms with van der Waals surface area (Å²) in [5.41, 5.74) is 1.21. The number of hydrogen-bond acceptors (Lipinski definition) is 2. The molecule has 0 radical (unpaired) electrons. The number of benzene rings is 1. The van der Waals surface area contributed by atoms with Crippen LogP contribution < -0.4 is 0 Å². The Balaban J connectivity index is 2.33. The maximum absolute atomic E-state index is 12.0. The zero-order valence-corrected chi connectivity index (χ0v) is 12.2. The molecule has 0 atom stereocenters. The molecule has 2 nitrogen and oxygen atoms in total. The van der Waals surface area contributed by atoms with Gasteiger partial charge in [0, 0.05) is 18.8 Å². The molecule has 0 N–H and O–H groups in total. The SMILES string of the molecule is CCCCCN(CC)C(=O)SCc1ccccc1. The van der Waals surface area contributed by atoms with Crippen LogP contribution in [-0.2, 0) is 5.75 Å². The Morgan fingerprint density at radius 1 is 1.17 bits per heavy atom. The predicted molar refractivity (Wildman–Crippen MR) is 79.9 cm³/mol. The second-order valence-corrected chi connectivity index (χ2v) is 5.25. The van der Waals surface area contributed by atoms with Crippen LogP contribution >= 0.6 is 11.8 Å². The van der Waals surface area contributed by atoms with Gasteiger partial charge in [-0.25, -0.2) is 0 Å². The normalized spacial score (nSPS) is 10.3. The summed E-state index contributed by atoms with van der Waals surface area (Å²) < 4.78 is 0. The molecule has 0 bridgehead atoms. The van der Waals surface area contributed by atoms with Crippen molar-refractivity contribution in [3.63, 3.8) is 0 Å². The van der Waals surface area contributed by atoms with E-state index in [-0.39, 0.29) is 5.24 Å². The molecule has 0 aliphatic carbocycles. The van der Waals surface area contributed by atoms with Gasteiger partial charge in [0.05, 0.1) is 0 Å². The van der Waals surface area contributed by atoms with Crippen LogP contribution in [0.5, 0.6) is 0 Å². The van der Waals surface area contributed by atoms with Gasteiger partial charge in [0.25, 0.3) is 5.24 Å². The molecule has 0 saturated carbocycles. The van der Waals surface area contributed by atoms with Gasteiger partial charge in [-0.1, -0.05) is 61.9 Å². The second-order valence-electron chi connectivity index (χ2n) is 4.33. The van der Waals surface area contributed by atoms with E-state index in [0.717, 1.165) is 25.3 Å². The van der Waals surface area contributed by atoms with Gasteiger partial charge in [0.1, 0.15) is 0 Å². The molecule has 0 fully saturated rings. The molecule has 1 rings (SSSR count). The molecule has 0 unspecified atom stereocenters. The van der Waals surface area contributed by atoms with E-state index < -0.39 is 0 Å². The Kier molecular flexibility index (Phi) is 7.58. The van der Waals surface area contributed by atoms with Crippen molar-refractivity contribution in [1.82, 2.24) is 4.90 Å². The number of nitrogens with zero attached hydrogens (tertiary/aromatic N) is 1. The summed E-state index contributed by atoms with van der Waals surface area (Å²) >= 11 is 1.41. The van der Waals surface area contributed by atoms with Gasteiger partial charge in [0.2, 0.25) is 0 Å². The lowest BCUT2D eigenvalue weighted by Crippen LogP contribution is -2.28. The highest BCUT2D eigenvalue weighted by molar-refractivity contribution is 8.12. The quantitative estimate of drug-likeness (QED) is 0.674. The molecular formula is C15H23NOS. The van der Waals surface area contributed by atoms with Crippen molar-refractivity contribution < 1.29 is 4.79 Å². The van der Waals surface area contributed by atoms with Gasteiger partial charge in [-0.3, -0.25) is 4.79 Å². The van der Waals surface area contributed by atoms with Crippen molar-refractivity contribution in [2.24, 2.45) is 0 Å². The molecule has 0 aromatic heterocycles. The minimum absolute atomic E-state index is 0.206. The monoisotopic (exact) mass is 265 g/mol. The van der Waals surface area contributed by atoms with E-state index in [2.05, 4.69) is 19.1 Å². The molecule has 100 valence electrons. The number of thioether (sulfide) groups is 1. The first-order valence-corrected chi connectivity index (χ1v) is 7.72. The van der Waals surface area contributed by atoms with E-state index in [1.54, 1.807) is 0 Å². The Morgan fingerprint density at radius 2 is 1.89 bits per heavy atom. The molecule has 3 heteroatoms. The first kappa shape index (κ1) is 15.1. The minimum atomic E-state index is 0.206. The van der Waals surface area contributed by atoms with Crippen LogP contribution in [-0.4, -0.2) is 23.2 Å². The topological polar surface area (TPSA) is 20.3 Å². The third kappa shape index (κ3) is 5.58. The molecule has 18 heavy (non-hydrogen) atoms. The first-order valence-electron chi connectivity index (χ1n) is 6.73. The van der Waals surface area contributed by atoms with Crippen LogP contribution in [0.3, 0.4) is 0 Å². The van der Waals surface area contributed by atoms with Crippen molar-refractivity contribution in [3.8, 4) is 0 Å². The van der Waals surface area contributed by atoms with Crippen molar-refractivity contribution in [2.45, 2.75) is 38.9 Å². The van der Waals surface area contributed by atoms with Crippen LogP contribution in [0, 0.1) is 0 Å². The largest absolute Gasteiger partial charge is 0.334 e. The summed E-state index contributed by atoms with van der Waals surface area (Å²) in [6, 6.07) is 10.2. The molecule has 0 aliphatic heterocycles. The zero-order chi connectivity index (χ0) is 13.2. The number of unbranched alkanes of at least 4 members (excludes halogenated alkanes) is 2. The summed E-state index contributed by atoms with van der Waals surface area (Å²) in [6.07, 6.45) is 3.51. The minimum Gasteiger partial charge on any atom is -0.334 e. The summed E-state index contributed by atoms with van der Waals surface area (Å²) in [4.78, 5) is 14.0. The first-order chi connectivity index (χ1) is 8.77. The lowest BCUT2D eigenvalue weighted by molar-refractivity contribution is 0.224. The van der Waals surface area contributed by atoms with E-state index in [4.69, 9.17) is 0 Å². The van der Waals surface area contributed by atoms with Gasteiger partial charge in [-0.2, -0.15) is 0 Å². The van der Waals surface area contributed by atoms with Crippen LogP contribution in [0.4, 0.5) is 4.79 Å². The van der Waals surface area contributed by atoms with Gasteiger partial charge >= 0.3 is 0 Å². The van der Waals surface area contributed by atoms with Crippen LogP contribution in [0.25, 0.3) is 0 Å². The maximum atomic E-state index is 12.0. The van der Waals surface area contributed by atoms with E-state index in [0.29, 0.717) is 0 Å². The Hall–Kier alpha value is -0.960. The van der Waals surface area contributed by atoms with Crippen molar-refractivity contribution in [3.05, 3.63) is 35.9 Å². The lowest BCUT2D eigenvalue weighted by Gasteiger charge is -2.20. The van der Waals surface area contributed by atoms with E-state index in [9.17, 15) is 4.79 Å². The Bertz CT molecular complexity index is 340. The molecule has 0 heterocycles. The predicted octanol–water partition coefficient (Wildman–Crippen LogP) is 4.55. The molecule has 1 amide bonds. The fourth-order valence-corrected chi connectivity index (χ4v) is 2.63. The molecule has 0 aliphatic rings. The van der Waals surface area contributed by atoms with Gasteiger partial charge < -0.3 is 4.90 Å². The van der Waals surface area contributed by atoms with Crippen molar-refractivity contribution >= 4 is 17.0 Å². The number of rotatable bonds is 7. The van der Waals surface area contributed by atoms with Crippen molar-refractivity contribution in [2.75, 3.05) is 13.1 Å². The van der Waals surface area contributed by atoms with E-state index >= 15 is 0 Å². The fraction of sp³-hybridized carbons (Fsp3) is 0.533. The lowest BCUT2D eigenvalue weighted by atomic mass is 10.2. The zero-order valence-electron chi connectivity index (χ0n) is 11.4. The van der Waals surface area contributed by atoms with Crippen LogP contribution in [0.2, 0.25) is 0 Å². The maximum Gasteiger partial charge on any atom is 0.281 e. The molecule has 1 aromatic rings. The van der Waals surface area contributed by atoms with Gasteiger partial charge in [-0.15, -0.1) is 0 Å². The summed E-state index contributed by atoms with van der Waals surface area (Å²) in [5.74, 6) is 0.768. The highest BCUT2D eigenvalue weighted by Crippen LogP contribution is 2.16. The third-order valence-electron chi connectivity index (χ3n) is 2.88. The molecular weight excluding hydrogens is 242 g/mol. The third-order valence-corrected chi connectivity index (χ3v) is 3.86. The summed E-state index contributed by atoms with van der Waals surface area (Å²) in [7, 11) is 0. The van der Waals surface area contributed by atoms with E-state index in [1.165, 1.54) is 30.2 Å².